The highest BCUT2D eigenvalue weighted by Gasteiger charge is 2.28. The first-order valence-electron chi connectivity index (χ1n) is 7.00. The molecule has 1 aliphatic heterocycles. The fourth-order valence-corrected chi connectivity index (χ4v) is 2.41. The SMILES string of the molecule is CN(C)C(=O)N1CCC(C(=O)Nc2ccccc2F)CC1. The summed E-state index contributed by atoms with van der Waals surface area (Å²) in [6, 6.07) is 6.07. The maximum Gasteiger partial charge on any atom is 0.319 e. The number of halogens is 1. The van der Waals surface area contributed by atoms with Crippen molar-refractivity contribution in [3.63, 3.8) is 0 Å². The van der Waals surface area contributed by atoms with E-state index in [1.165, 1.54) is 17.0 Å². The summed E-state index contributed by atoms with van der Waals surface area (Å²) < 4.78 is 13.5. The van der Waals surface area contributed by atoms with Gasteiger partial charge in [0.15, 0.2) is 0 Å². The Morgan fingerprint density at radius 3 is 2.43 bits per heavy atom. The molecule has 0 atom stereocenters. The van der Waals surface area contributed by atoms with Crippen LogP contribution in [0.15, 0.2) is 24.3 Å². The average Bonchev–Trinajstić information content (AvgIpc) is 2.49. The smallest absolute Gasteiger partial charge is 0.319 e. The topological polar surface area (TPSA) is 52.7 Å². The van der Waals surface area contributed by atoms with Crippen LogP contribution >= 0.6 is 0 Å². The van der Waals surface area contributed by atoms with Gasteiger partial charge in [-0.3, -0.25) is 4.79 Å². The van der Waals surface area contributed by atoms with Crippen LogP contribution in [0.3, 0.4) is 0 Å². The Balaban J connectivity index is 1.89. The van der Waals surface area contributed by atoms with Crippen molar-refractivity contribution in [1.82, 2.24) is 9.80 Å². The molecule has 2 rings (SSSR count). The van der Waals surface area contributed by atoms with E-state index in [0.29, 0.717) is 25.9 Å². The second-order valence-electron chi connectivity index (χ2n) is 5.41. The van der Waals surface area contributed by atoms with Crippen molar-refractivity contribution in [3.8, 4) is 0 Å². The molecule has 3 amide bonds. The molecule has 1 aliphatic rings. The molecule has 0 radical (unpaired) electrons. The largest absolute Gasteiger partial charge is 0.331 e. The Labute approximate surface area is 123 Å². The van der Waals surface area contributed by atoms with E-state index in [2.05, 4.69) is 5.32 Å². The van der Waals surface area contributed by atoms with E-state index in [4.69, 9.17) is 0 Å². The molecule has 1 heterocycles. The molecule has 1 N–H and O–H groups in total. The third kappa shape index (κ3) is 3.71. The Morgan fingerprint density at radius 2 is 1.86 bits per heavy atom. The van der Waals surface area contributed by atoms with Crippen molar-refractivity contribution in [1.29, 1.82) is 0 Å². The van der Waals surface area contributed by atoms with Crippen molar-refractivity contribution in [2.45, 2.75) is 12.8 Å². The maximum atomic E-state index is 13.5. The van der Waals surface area contributed by atoms with E-state index in [1.54, 1.807) is 31.1 Å². The second-order valence-corrected chi connectivity index (χ2v) is 5.41. The van der Waals surface area contributed by atoms with Gasteiger partial charge >= 0.3 is 6.03 Å². The lowest BCUT2D eigenvalue weighted by Crippen LogP contribution is -2.45. The van der Waals surface area contributed by atoms with Gasteiger partial charge in [-0.15, -0.1) is 0 Å². The molecule has 0 unspecified atom stereocenters. The first kappa shape index (κ1) is 15.3. The standard InChI is InChI=1S/C15H20FN3O2/c1-18(2)15(21)19-9-7-11(8-10-19)14(20)17-13-6-4-3-5-12(13)16/h3-6,11H,7-10H2,1-2H3,(H,17,20). The van der Waals surface area contributed by atoms with E-state index in [9.17, 15) is 14.0 Å². The van der Waals surface area contributed by atoms with Crippen LogP contribution in [0.1, 0.15) is 12.8 Å². The average molecular weight is 293 g/mol. The number of nitrogens with zero attached hydrogens (tertiary/aromatic N) is 2. The maximum absolute atomic E-state index is 13.5. The van der Waals surface area contributed by atoms with Gasteiger partial charge < -0.3 is 15.1 Å². The molecule has 1 aromatic rings. The minimum Gasteiger partial charge on any atom is -0.331 e. The first-order chi connectivity index (χ1) is 9.99. The van der Waals surface area contributed by atoms with Crippen LogP contribution in [0.4, 0.5) is 14.9 Å². The molecular weight excluding hydrogens is 273 g/mol. The number of urea groups is 1. The fourth-order valence-electron chi connectivity index (χ4n) is 2.41. The van der Waals surface area contributed by atoms with Crippen LogP contribution in [-0.2, 0) is 4.79 Å². The van der Waals surface area contributed by atoms with Gasteiger partial charge in [0.2, 0.25) is 5.91 Å². The van der Waals surface area contributed by atoms with Crippen molar-refractivity contribution >= 4 is 17.6 Å². The summed E-state index contributed by atoms with van der Waals surface area (Å²) in [7, 11) is 3.42. The third-order valence-electron chi connectivity index (χ3n) is 3.65. The molecule has 1 fully saturated rings. The van der Waals surface area contributed by atoms with Gasteiger partial charge in [-0.05, 0) is 25.0 Å². The summed E-state index contributed by atoms with van der Waals surface area (Å²) in [5.74, 6) is -0.807. The molecule has 21 heavy (non-hydrogen) atoms. The van der Waals surface area contributed by atoms with E-state index in [-0.39, 0.29) is 23.5 Å². The fraction of sp³-hybridized carbons (Fsp3) is 0.467. The molecule has 0 spiro atoms. The molecule has 1 saturated heterocycles. The van der Waals surface area contributed by atoms with Gasteiger partial charge in [-0.1, -0.05) is 12.1 Å². The zero-order valence-electron chi connectivity index (χ0n) is 12.3. The van der Waals surface area contributed by atoms with Gasteiger partial charge in [-0.25, -0.2) is 9.18 Å². The van der Waals surface area contributed by atoms with E-state index < -0.39 is 5.82 Å². The summed E-state index contributed by atoms with van der Waals surface area (Å²) in [6.07, 6.45) is 1.19. The van der Waals surface area contributed by atoms with Crippen molar-refractivity contribution < 1.29 is 14.0 Å². The lowest BCUT2D eigenvalue weighted by atomic mass is 9.96. The van der Waals surface area contributed by atoms with Crippen molar-refractivity contribution in [3.05, 3.63) is 30.1 Å². The predicted octanol–water partition coefficient (Wildman–Crippen LogP) is 2.16. The van der Waals surface area contributed by atoms with Crippen molar-refractivity contribution in [2.75, 3.05) is 32.5 Å². The van der Waals surface area contributed by atoms with Crippen LogP contribution in [0.25, 0.3) is 0 Å². The summed E-state index contributed by atoms with van der Waals surface area (Å²) in [5.41, 5.74) is 0.203. The molecule has 0 saturated carbocycles. The lowest BCUT2D eigenvalue weighted by molar-refractivity contribution is -0.121. The molecule has 0 aliphatic carbocycles. The van der Waals surface area contributed by atoms with Crippen LogP contribution in [0.5, 0.6) is 0 Å². The predicted molar refractivity (Wildman–Crippen MR) is 78.4 cm³/mol. The summed E-state index contributed by atoms with van der Waals surface area (Å²) >= 11 is 0. The molecular formula is C15H20FN3O2. The van der Waals surface area contributed by atoms with E-state index >= 15 is 0 Å². The van der Waals surface area contributed by atoms with E-state index in [1.807, 2.05) is 0 Å². The molecule has 114 valence electrons. The molecule has 0 bridgehead atoms. The number of carbonyl (C=O) groups excluding carboxylic acids is 2. The number of rotatable bonds is 2. The number of anilines is 1. The molecule has 1 aromatic carbocycles. The monoisotopic (exact) mass is 293 g/mol. The number of hydrogen-bond acceptors (Lipinski definition) is 2. The Bertz CT molecular complexity index is 525. The third-order valence-corrected chi connectivity index (χ3v) is 3.65. The summed E-state index contributed by atoms with van der Waals surface area (Å²) in [5, 5.41) is 2.62. The van der Waals surface area contributed by atoms with Gasteiger partial charge in [0.1, 0.15) is 5.82 Å². The zero-order valence-corrected chi connectivity index (χ0v) is 12.3. The highest BCUT2D eigenvalue weighted by atomic mass is 19.1. The van der Waals surface area contributed by atoms with Gasteiger partial charge in [0, 0.05) is 33.1 Å². The Kier molecular flexibility index (Phi) is 4.77. The highest BCUT2D eigenvalue weighted by Crippen LogP contribution is 2.21. The summed E-state index contributed by atoms with van der Waals surface area (Å²) in [6.45, 7) is 1.10. The quantitative estimate of drug-likeness (QED) is 0.908. The number of nitrogens with one attached hydrogen (secondary N) is 1. The number of piperidine rings is 1. The van der Waals surface area contributed by atoms with Gasteiger partial charge in [-0.2, -0.15) is 0 Å². The molecule has 0 aromatic heterocycles. The lowest BCUT2D eigenvalue weighted by Gasteiger charge is -2.33. The molecule has 6 heteroatoms. The highest BCUT2D eigenvalue weighted by molar-refractivity contribution is 5.92. The number of carbonyl (C=O) groups is 2. The minimum atomic E-state index is -0.439. The normalized spacial score (nSPS) is 15.7. The van der Waals surface area contributed by atoms with Crippen molar-refractivity contribution in [2.24, 2.45) is 5.92 Å². The van der Waals surface area contributed by atoms with Crippen LogP contribution < -0.4 is 5.32 Å². The van der Waals surface area contributed by atoms with Crippen LogP contribution in [0, 0.1) is 11.7 Å². The minimum absolute atomic E-state index is 0.0389. The number of likely N-dealkylation sites (tertiary alicyclic amines) is 1. The molecule has 5 nitrogen and oxygen atoms in total. The second kappa shape index (κ2) is 6.56. The Morgan fingerprint density at radius 1 is 1.24 bits per heavy atom. The first-order valence-corrected chi connectivity index (χ1v) is 7.00. The number of para-hydroxylation sites is 1. The Hall–Kier alpha value is -2.11. The van der Waals surface area contributed by atoms with Crippen LogP contribution in [-0.4, -0.2) is 48.9 Å². The number of benzene rings is 1. The van der Waals surface area contributed by atoms with Crippen LogP contribution in [0.2, 0.25) is 0 Å². The zero-order chi connectivity index (χ0) is 15.4. The summed E-state index contributed by atoms with van der Waals surface area (Å²) in [4.78, 5) is 27.2. The van der Waals surface area contributed by atoms with Gasteiger partial charge in [0.25, 0.3) is 0 Å². The number of hydrogen-bond donors (Lipinski definition) is 1. The van der Waals surface area contributed by atoms with Gasteiger partial charge in [0.05, 0.1) is 5.69 Å². The number of amides is 3. The van der Waals surface area contributed by atoms with E-state index in [0.717, 1.165) is 0 Å².